The Kier molecular flexibility index (Phi) is 4.24. The Morgan fingerprint density at radius 2 is 1.82 bits per heavy atom. The molecule has 0 fully saturated rings. The van der Waals surface area contributed by atoms with Crippen LogP contribution in [0.5, 0.6) is 5.75 Å². The number of hydrogen-bond donors (Lipinski definition) is 0. The summed E-state index contributed by atoms with van der Waals surface area (Å²) in [6.45, 7) is 2.61. The number of ether oxygens (including phenoxy) is 1. The summed E-state index contributed by atoms with van der Waals surface area (Å²) >= 11 is 6.95. The molecule has 0 aliphatic rings. The molecular formula is C14H12Br2O. The predicted molar refractivity (Wildman–Crippen MR) is 77.4 cm³/mol. The fourth-order valence-electron chi connectivity index (χ4n) is 1.58. The molecule has 0 aliphatic carbocycles. The number of para-hydroxylation sites is 1. The van der Waals surface area contributed by atoms with Crippen LogP contribution in [0.1, 0.15) is 11.1 Å². The molecule has 0 saturated heterocycles. The lowest BCUT2D eigenvalue weighted by Gasteiger charge is -2.11. The Hall–Kier alpha value is -0.800. The van der Waals surface area contributed by atoms with Crippen molar-refractivity contribution < 1.29 is 4.74 Å². The maximum atomic E-state index is 5.84. The zero-order chi connectivity index (χ0) is 12.3. The Morgan fingerprint density at radius 3 is 2.53 bits per heavy atom. The van der Waals surface area contributed by atoms with E-state index in [9.17, 15) is 0 Å². The van der Waals surface area contributed by atoms with E-state index in [0.29, 0.717) is 6.61 Å². The van der Waals surface area contributed by atoms with Crippen LogP contribution in [0.25, 0.3) is 0 Å². The summed E-state index contributed by atoms with van der Waals surface area (Å²) < 4.78 is 7.91. The summed E-state index contributed by atoms with van der Waals surface area (Å²) in [6, 6.07) is 14.2. The molecule has 0 radical (unpaired) electrons. The Morgan fingerprint density at radius 1 is 1.06 bits per heavy atom. The average Bonchev–Trinajstić information content (AvgIpc) is 2.28. The van der Waals surface area contributed by atoms with E-state index < -0.39 is 0 Å². The SMILES string of the molecule is Cc1cccc(Br)c1OCc1cccc(Br)c1. The first-order chi connectivity index (χ1) is 8.16. The average molecular weight is 356 g/mol. The van der Waals surface area contributed by atoms with E-state index in [1.165, 1.54) is 0 Å². The summed E-state index contributed by atoms with van der Waals surface area (Å²) in [7, 11) is 0. The van der Waals surface area contributed by atoms with Crippen LogP contribution in [0.3, 0.4) is 0 Å². The van der Waals surface area contributed by atoms with Gasteiger partial charge in [-0.05, 0) is 52.2 Å². The largest absolute Gasteiger partial charge is 0.487 e. The summed E-state index contributed by atoms with van der Waals surface area (Å²) in [5.74, 6) is 0.910. The van der Waals surface area contributed by atoms with Crippen LogP contribution in [0.2, 0.25) is 0 Å². The van der Waals surface area contributed by atoms with E-state index in [0.717, 1.165) is 25.8 Å². The van der Waals surface area contributed by atoms with Crippen LogP contribution < -0.4 is 4.74 Å². The third-order valence-corrected chi connectivity index (χ3v) is 3.55. The summed E-state index contributed by atoms with van der Waals surface area (Å²) in [5.41, 5.74) is 2.28. The van der Waals surface area contributed by atoms with Gasteiger partial charge in [0.05, 0.1) is 4.47 Å². The first kappa shape index (κ1) is 12.7. The van der Waals surface area contributed by atoms with Crippen LogP contribution >= 0.6 is 31.9 Å². The van der Waals surface area contributed by atoms with Crippen LogP contribution in [0.4, 0.5) is 0 Å². The number of hydrogen-bond acceptors (Lipinski definition) is 1. The second-order valence-electron chi connectivity index (χ2n) is 3.80. The van der Waals surface area contributed by atoms with Gasteiger partial charge in [0.2, 0.25) is 0 Å². The van der Waals surface area contributed by atoms with E-state index >= 15 is 0 Å². The van der Waals surface area contributed by atoms with Crippen LogP contribution in [-0.4, -0.2) is 0 Å². The lowest BCUT2D eigenvalue weighted by Crippen LogP contribution is -1.97. The second kappa shape index (κ2) is 5.69. The van der Waals surface area contributed by atoms with Gasteiger partial charge in [-0.25, -0.2) is 0 Å². The molecule has 2 rings (SSSR count). The van der Waals surface area contributed by atoms with Gasteiger partial charge in [-0.3, -0.25) is 0 Å². The van der Waals surface area contributed by atoms with Crippen LogP contribution in [-0.2, 0) is 6.61 Å². The minimum absolute atomic E-state index is 0.572. The third-order valence-electron chi connectivity index (χ3n) is 2.44. The highest BCUT2D eigenvalue weighted by atomic mass is 79.9. The molecule has 0 saturated carbocycles. The lowest BCUT2D eigenvalue weighted by molar-refractivity contribution is 0.302. The molecule has 88 valence electrons. The third kappa shape index (κ3) is 3.33. The van der Waals surface area contributed by atoms with Crippen molar-refractivity contribution >= 4 is 31.9 Å². The summed E-state index contributed by atoms with van der Waals surface area (Å²) in [6.07, 6.45) is 0. The fraction of sp³-hybridized carbons (Fsp3) is 0.143. The molecule has 1 nitrogen and oxygen atoms in total. The first-order valence-corrected chi connectivity index (χ1v) is 6.88. The molecule has 0 spiro atoms. The van der Waals surface area contributed by atoms with E-state index in [-0.39, 0.29) is 0 Å². The maximum Gasteiger partial charge on any atom is 0.136 e. The molecule has 0 bridgehead atoms. The van der Waals surface area contributed by atoms with Crippen molar-refractivity contribution in [1.82, 2.24) is 0 Å². The first-order valence-electron chi connectivity index (χ1n) is 5.29. The van der Waals surface area contributed by atoms with Gasteiger partial charge in [-0.1, -0.05) is 40.2 Å². The van der Waals surface area contributed by atoms with Gasteiger partial charge in [0.1, 0.15) is 12.4 Å². The van der Waals surface area contributed by atoms with Crippen molar-refractivity contribution in [2.24, 2.45) is 0 Å². The quantitative estimate of drug-likeness (QED) is 0.744. The number of halogens is 2. The Labute approximate surface area is 118 Å². The van der Waals surface area contributed by atoms with Crippen LogP contribution in [0, 0.1) is 6.92 Å². The molecule has 0 amide bonds. The fourth-order valence-corrected chi connectivity index (χ4v) is 2.61. The molecule has 0 N–H and O–H groups in total. The van der Waals surface area contributed by atoms with Gasteiger partial charge >= 0.3 is 0 Å². The van der Waals surface area contributed by atoms with Crippen molar-refractivity contribution in [2.75, 3.05) is 0 Å². The highest BCUT2D eigenvalue weighted by Gasteiger charge is 2.04. The van der Waals surface area contributed by atoms with E-state index in [2.05, 4.69) is 44.0 Å². The molecule has 0 aliphatic heterocycles. The standard InChI is InChI=1S/C14H12Br2O/c1-10-4-2-7-13(16)14(10)17-9-11-5-3-6-12(15)8-11/h2-8H,9H2,1H3. The lowest BCUT2D eigenvalue weighted by atomic mass is 10.2. The van der Waals surface area contributed by atoms with Crippen molar-refractivity contribution in [3.63, 3.8) is 0 Å². The monoisotopic (exact) mass is 354 g/mol. The highest BCUT2D eigenvalue weighted by Crippen LogP contribution is 2.29. The number of aryl methyl sites for hydroxylation is 1. The zero-order valence-electron chi connectivity index (χ0n) is 9.41. The second-order valence-corrected chi connectivity index (χ2v) is 5.57. The van der Waals surface area contributed by atoms with Gasteiger partial charge in [-0.15, -0.1) is 0 Å². The summed E-state index contributed by atoms with van der Waals surface area (Å²) in [4.78, 5) is 0. The topological polar surface area (TPSA) is 9.23 Å². The molecule has 0 aromatic heterocycles. The number of rotatable bonds is 3. The molecule has 0 unspecified atom stereocenters. The maximum absolute atomic E-state index is 5.84. The van der Waals surface area contributed by atoms with Crippen molar-refractivity contribution in [2.45, 2.75) is 13.5 Å². The molecule has 2 aromatic carbocycles. The van der Waals surface area contributed by atoms with Gasteiger partial charge in [-0.2, -0.15) is 0 Å². The van der Waals surface area contributed by atoms with Gasteiger partial charge in [0, 0.05) is 4.47 Å². The molecule has 0 heterocycles. The van der Waals surface area contributed by atoms with Crippen molar-refractivity contribution in [3.05, 3.63) is 62.5 Å². The Balaban J connectivity index is 2.13. The van der Waals surface area contributed by atoms with Gasteiger partial charge in [0.25, 0.3) is 0 Å². The molecule has 2 aromatic rings. The normalized spacial score (nSPS) is 10.3. The van der Waals surface area contributed by atoms with Crippen LogP contribution in [0.15, 0.2) is 51.4 Å². The zero-order valence-corrected chi connectivity index (χ0v) is 12.6. The highest BCUT2D eigenvalue weighted by molar-refractivity contribution is 9.10. The van der Waals surface area contributed by atoms with E-state index in [4.69, 9.17) is 4.74 Å². The Bertz CT molecular complexity index is 503. The molecule has 3 heteroatoms. The predicted octanol–water partition coefficient (Wildman–Crippen LogP) is 5.10. The van der Waals surface area contributed by atoms with E-state index in [1.54, 1.807) is 0 Å². The van der Waals surface area contributed by atoms with Crippen molar-refractivity contribution in [3.8, 4) is 5.75 Å². The minimum Gasteiger partial charge on any atom is -0.487 e. The molecule has 0 atom stereocenters. The van der Waals surface area contributed by atoms with E-state index in [1.807, 2.05) is 37.3 Å². The van der Waals surface area contributed by atoms with Gasteiger partial charge in [0.15, 0.2) is 0 Å². The molecule has 17 heavy (non-hydrogen) atoms. The smallest absolute Gasteiger partial charge is 0.136 e. The minimum atomic E-state index is 0.572. The van der Waals surface area contributed by atoms with Gasteiger partial charge < -0.3 is 4.74 Å². The van der Waals surface area contributed by atoms with Crippen molar-refractivity contribution in [1.29, 1.82) is 0 Å². The summed E-state index contributed by atoms with van der Waals surface area (Å²) in [5, 5.41) is 0. The number of benzene rings is 2. The molecular weight excluding hydrogens is 344 g/mol.